The predicted molar refractivity (Wildman–Crippen MR) is 73.8 cm³/mol. The average molecular weight is 277 g/mol. The van der Waals surface area contributed by atoms with Gasteiger partial charge in [0.25, 0.3) is 0 Å². The molecule has 1 heterocycles. The number of likely N-dealkylation sites (N-methyl/N-ethyl adjacent to an activating group) is 1. The number of rotatable bonds is 3. The quantitative estimate of drug-likeness (QED) is 0.851. The number of hydrogen-bond donors (Lipinski definition) is 1. The van der Waals surface area contributed by atoms with Gasteiger partial charge in [-0.15, -0.1) is 12.4 Å². The first-order valence-corrected chi connectivity index (χ1v) is 6.74. The van der Waals surface area contributed by atoms with Gasteiger partial charge in [0.15, 0.2) is 0 Å². The minimum Gasteiger partial charge on any atom is -0.381 e. The Morgan fingerprint density at radius 2 is 2.06 bits per heavy atom. The van der Waals surface area contributed by atoms with Crippen molar-refractivity contribution in [2.24, 2.45) is 11.7 Å². The topological polar surface area (TPSA) is 55.6 Å². The van der Waals surface area contributed by atoms with Crippen LogP contribution in [0, 0.1) is 5.92 Å². The molecule has 2 aliphatic rings. The lowest BCUT2D eigenvalue weighted by molar-refractivity contribution is -0.136. The summed E-state index contributed by atoms with van der Waals surface area (Å²) in [6.07, 6.45) is 6.13. The normalized spacial score (nSPS) is 26.4. The molecule has 5 heteroatoms. The van der Waals surface area contributed by atoms with Crippen molar-refractivity contribution in [1.82, 2.24) is 4.90 Å². The fourth-order valence-corrected chi connectivity index (χ4v) is 3.02. The van der Waals surface area contributed by atoms with Crippen LogP contribution >= 0.6 is 12.4 Å². The largest absolute Gasteiger partial charge is 0.381 e. The molecule has 0 aromatic heterocycles. The Hall–Kier alpha value is -0.320. The molecular formula is C13H25ClN2O2. The van der Waals surface area contributed by atoms with Crippen LogP contribution in [0.5, 0.6) is 0 Å². The van der Waals surface area contributed by atoms with Crippen molar-refractivity contribution in [2.45, 2.75) is 44.1 Å². The minimum absolute atomic E-state index is 0. The molecule has 1 amide bonds. The SMILES string of the molecule is CN(CC1CCCOC1)C(=O)C1(N)CCCC1.Cl. The van der Waals surface area contributed by atoms with E-state index >= 15 is 0 Å². The summed E-state index contributed by atoms with van der Waals surface area (Å²) in [6.45, 7) is 2.45. The molecule has 1 unspecified atom stereocenters. The van der Waals surface area contributed by atoms with E-state index in [1.54, 1.807) is 0 Å². The van der Waals surface area contributed by atoms with Gasteiger partial charge in [0.1, 0.15) is 0 Å². The zero-order valence-corrected chi connectivity index (χ0v) is 12.0. The zero-order chi connectivity index (χ0) is 12.3. The number of halogens is 1. The molecule has 2 rings (SSSR count). The Balaban J connectivity index is 0.00000162. The van der Waals surface area contributed by atoms with Crippen LogP contribution in [0.15, 0.2) is 0 Å². The second-order valence-corrected chi connectivity index (χ2v) is 5.63. The second-order valence-electron chi connectivity index (χ2n) is 5.63. The molecule has 0 radical (unpaired) electrons. The van der Waals surface area contributed by atoms with E-state index in [0.29, 0.717) is 5.92 Å². The van der Waals surface area contributed by atoms with Crippen LogP contribution in [0.25, 0.3) is 0 Å². The van der Waals surface area contributed by atoms with Crippen LogP contribution in [-0.4, -0.2) is 43.2 Å². The smallest absolute Gasteiger partial charge is 0.242 e. The lowest BCUT2D eigenvalue weighted by Gasteiger charge is -2.32. The maximum absolute atomic E-state index is 12.3. The maximum atomic E-state index is 12.3. The van der Waals surface area contributed by atoms with E-state index in [-0.39, 0.29) is 18.3 Å². The lowest BCUT2D eigenvalue weighted by Crippen LogP contribution is -2.53. The summed E-state index contributed by atoms with van der Waals surface area (Å²) in [5.74, 6) is 0.614. The average Bonchev–Trinajstić information content (AvgIpc) is 2.78. The third-order valence-corrected chi connectivity index (χ3v) is 4.06. The van der Waals surface area contributed by atoms with E-state index < -0.39 is 5.54 Å². The van der Waals surface area contributed by atoms with E-state index in [4.69, 9.17) is 10.5 Å². The number of carbonyl (C=O) groups is 1. The Bertz CT molecular complexity index is 274. The van der Waals surface area contributed by atoms with Gasteiger partial charge in [-0.3, -0.25) is 4.79 Å². The van der Waals surface area contributed by atoms with Gasteiger partial charge in [0, 0.05) is 20.2 Å². The van der Waals surface area contributed by atoms with Gasteiger partial charge in [-0.1, -0.05) is 12.8 Å². The Morgan fingerprint density at radius 3 is 2.61 bits per heavy atom. The molecule has 1 saturated heterocycles. The molecule has 1 atom stereocenters. The van der Waals surface area contributed by atoms with E-state index in [2.05, 4.69) is 0 Å². The molecule has 1 aliphatic heterocycles. The molecule has 1 saturated carbocycles. The number of nitrogens with two attached hydrogens (primary N) is 1. The summed E-state index contributed by atoms with van der Waals surface area (Å²) in [6, 6.07) is 0. The molecule has 2 N–H and O–H groups in total. The van der Waals surface area contributed by atoms with Gasteiger partial charge in [-0.2, -0.15) is 0 Å². The summed E-state index contributed by atoms with van der Waals surface area (Å²) >= 11 is 0. The van der Waals surface area contributed by atoms with Crippen molar-refractivity contribution < 1.29 is 9.53 Å². The number of carbonyl (C=O) groups excluding carboxylic acids is 1. The predicted octanol–water partition coefficient (Wildman–Crippen LogP) is 1.56. The van der Waals surface area contributed by atoms with E-state index in [9.17, 15) is 4.79 Å². The van der Waals surface area contributed by atoms with Crippen LogP contribution < -0.4 is 5.73 Å². The third kappa shape index (κ3) is 3.59. The summed E-state index contributed by atoms with van der Waals surface area (Å²) in [5, 5.41) is 0. The molecule has 4 nitrogen and oxygen atoms in total. The van der Waals surface area contributed by atoms with Gasteiger partial charge in [0.05, 0.1) is 12.1 Å². The van der Waals surface area contributed by atoms with Crippen LogP contribution in [0.1, 0.15) is 38.5 Å². The fraction of sp³-hybridized carbons (Fsp3) is 0.923. The van der Waals surface area contributed by atoms with E-state index in [1.807, 2.05) is 11.9 Å². The Labute approximate surface area is 116 Å². The van der Waals surface area contributed by atoms with E-state index in [0.717, 1.165) is 58.3 Å². The zero-order valence-electron chi connectivity index (χ0n) is 11.2. The first-order chi connectivity index (χ1) is 8.12. The third-order valence-electron chi connectivity index (χ3n) is 4.06. The van der Waals surface area contributed by atoms with Gasteiger partial charge in [0.2, 0.25) is 5.91 Å². The molecule has 0 bridgehead atoms. The van der Waals surface area contributed by atoms with Crippen LogP contribution in [0.4, 0.5) is 0 Å². The molecule has 2 fully saturated rings. The van der Waals surface area contributed by atoms with Crippen molar-refractivity contribution >= 4 is 18.3 Å². The second kappa shape index (κ2) is 6.73. The number of nitrogens with zero attached hydrogens (tertiary/aromatic N) is 1. The highest BCUT2D eigenvalue weighted by Gasteiger charge is 2.39. The molecule has 0 spiro atoms. The highest BCUT2D eigenvalue weighted by atomic mass is 35.5. The highest BCUT2D eigenvalue weighted by Crippen LogP contribution is 2.29. The van der Waals surface area contributed by atoms with Crippen molar-refractivity contribution in [3.63, 3.8) is 0 Å². The van der Waals surface area contributed by atoms with Crippen molar-refractivity contribution in [1.29, 1.82) is 0 Å². The van der Waals surface area contributed by atoms with Crippen molar-refractivity contribution in [3.05, 3.63) is 0 Å². The molecule has 106 valence electrons. The van der Waals surface area contributed by atoms with Gasteiger partial charge < -0.3 is 15.4 Å². The minimum atomic E-state index is -0.579. The first-order valence-electron chi connectivity index (χ1n) is 6.74. The maximum Gasteiger partial charge on any atom is 0.242 e. The van der Waals surface area contributed by atoms with Crippen LogP contribution in [0.2, 0.25) is 0 Å². The number of amides is 1. The van der Waals surface area contributed by atoms with Crippen LogP contribution in [0.3, 0.4) is 0 Å². The number of ether oxygens (including phenoxy) is 1. The number of hydrogen-bond acceptors (Lipinski definition) is 3. The highest BCUT2D eigenvalue weighted by molar-refractivity contribution is 5.86. The molecule has 1 aliphatic carbocycles. The van der Waals surface area contributed by atoms with Gasteiger partial charge in [-0.25, -0.2) is 0 Å². The monoisotopic (exact) mass is 276 g/mol. The van der Waals surface area contributed by atoms with Crippen molar-refractivity contribution in [3.8, 4) is 0 Å². The molecular weight excluding hydrogens is 252 g/mol. The Morgan fingerprint density at radius 1 is 1.39 bits per heavy atom. The molecule has 0 aromatic carbocycles. The molecule has 18 heavy (non-hydrogen) atoms. The van der Waals surface area contributed by atoms with E-state index in [1.165, 1.54) is 0 Å². The summed E-state index contributed by atoms with van der Waals surface area (Å²) in [7, 11) is 1.88. The fourth-order valence-electron chi connectivity index (χ4n) is 3.02. The summed E-state index contributed by atoms with van der Waals surface area (Å²) < 4.78 is 5.44. The summed E-state index contributed by atoms with van der Waals surface area (Å²) in [4.78, 5) is 14.1. The summed E-state index contributed by atoms with van der Waals surface area (Å²) in [5.41, 5.74) is 5.61. The van der Waals surface area contributed by atoms with Gasteiger partial charge >= 0.3 is 0 Å². The lowest BCUT2D eigenvalue weighted by atomic mass is 9.96. The van der Waals surface area contributed by atoms with Crippen LogP contribution in [-0.2, 0) is 9.53 Å². The van der Waals surface area contributed by atoms with Crippen molar-refractivity contribution in [2.75, 3.05) is 26.8 Å². The van der Waals surface area contributed by atoms with Gasteiger partial charge in [-0.05, 0) is 31.6 Å². The standard InChI is InChI=1S/C13H24N2O2.ClH/c1-15(9-11-5-4-8-17-10-11)12(16)13(14)6-2-3-7-13;/h11H,2-10,14H2,1H3;1H. The molecule has 0 aromatic rings. The first kappa shape index (κ1) is 15.7. The Kier molecular flexibility index (Phi) is 5.89.